The fraction of sp³-hybridized carbons (Fsp3) is 0.0909. The van der Waals surface area contributed by atoms with Gasteiger partial charge in [-0.1, -0.05) is 5.92 Å². The van der Waals surface area contributed by atoms with Gasteiger partial charge in [0, 0.05) is 11.3 Å². The maximum Gasteiger partial charge on any atom is 0.337 e. The van der Waals surface area contributed by atoms with Crippen LogP contribution in [0, 0.1) is 11.8 Å². The van der Waals surface area contributed by atoms with Crippen LogP contribution < -0.4 is 5.73 Å². The zero-order valence-electron chi connectivity index (χ0n) is 8.11. The summed E-state index contributed by atoms with van der Waals surface area (Å²) in [7, 11) is 1.29. The standard InChI is InChI=1S/C11H9NO3/c1-15-11(14)9-4-5-10(12)8(7-9)3-2-6-13/h4-7H,12H2,1H3. The number of methoxy groups -OCH3 is 1. The normalized spacial score (nSPS) is 8.60. The molecule has 0 aliphatic heterocycles. The number of carbonyl (C=O) groups excluding carboxylic acids is 2. The molecule has 0 aliphatic carbocycles. The summed E-state index contributed by atoms with van der Waals surface area (Å²) < 4.78 is 4.54. The summed E-state index contributed by atoms with van der Waals surface area (Å²) >= 11 is 0. The summed E-state index contributed by atoms with van der Waals surface area (Å²) in [6.45, 7) is 0. The third kappa shape index (κ3) is 2.58. The van der Waals surface area contributed by atoms with Gasteiger partial charge in [0.15, 0.2) is 6.29 Å². The van der Waals surface area contributed by atoms with E-state index in [1.165, 1.54) is 19.2 Å². The molecule has 0 saturated carbocycles. The van der Waals surface area contributed by atoms with E-state index in [2.05, 4.69) is 16.6 Å². The predicted molar refractivity (Wildman–Crippen MR) is 55.1 cm³/mol. The average Bonchev–Trinajstić information content (AvgIpc) is 2.27. The number of benzene rings is 1. The van der Waals surface area contributed by atoms with Gasteiger partial charge in [-0.3, -0.25) is 4.79 Å². The van der Waals surface area contributed by atoms with Crippen LogP contribution in [-0.4, -0.2) is 19.4 Å². The lowest BCUT2D eigenvalue weighted by Crippen LogP contribution is -2.02. The van der Waals surface area contributed by atoms with Crippen molar-refractivity contribution in [2.45, 2.75) is 0 Å². The molecular formula is C11H9NO3. The summed E-state index contributed by atoms with van der Waals surface area (Å²) in [5, 5.41) is 0. The predicted octanol–water partition coefficient (Wildman–Crippen LogP) is 0.606. The number of carbonyl (C=O) groups is 2. The minimum Gasteiger partial charge on any atom is -0.465 e. The van der Waals surface area contributed by atoms with E-state index in [0.717, 1.165) is 0 Å². The molecule has 0 heterocycles. The first-order valence-corrected chi connectivity index (χ1v) is 4.12. The SMILES string of the molecule is COC(=O)c1ccc(N)c(C#CC=O)c1. The van der Waals surface area contributed by atoms with E-state index in [4.69, 9.17) is 5.73 Å². The second-order valence-electron chi connectivity index (χ2n) is 2.68. The summed E-state index contributed by atoms with van der Waals surface area (Å²) in [6.07, 6.45) is 0.463. The lowest BCUT2D eigenvalue weighted by atomic mass is 10.1. The lowest BCUT2D eigenvalue weighted by molar-refractivity contribution is -0.103. The van der Waals surface area contributed by atoms with Crippen molar-refractivity contribution in [3.05, 3.63) is 29.3 Å². The first-order valence-electron chi connectivity index (χ1n) is 4.12. The van der Waals surface area contributed by atoms with Crippen LogP contribution in [-0.2, 0) is 9.53 Å². The van der Waals surface area contributed by atoms with E-state index in [-0.39, 0.29) is 0 Å². The maximum absolute atomic E-state index is 11.2. The Balaban J connectivity index is 3.16. The molecule has 4 nitrogen and oxygen atoms in total. The van der Waals surface area contributed by atoms with Crippen molar-refractivity contribution in [3.8, 4) is 11.8 Å². The van der Waals surface area contributed by atoms with Gasteiger partial charge in [-0.15, -0.1) is 0 Å². The molecule has 76 valence electrons. The first-order chi connectivity index (χ1) is 7.19. The molecule has 0 bridgehead atoms. The number of esters is 1. The number of hydrogen-bond donors (Lipinski definition) is 1. The van der Waals surface area contributed by atoms with Gasteiger partial charge in [-0.25, -0.2) is 4.79 Å². The van der Waals surface area contributed by atoms with Gasteiger partial charge >= 0.3 is 5.97 Å². The molecule has 0 spiro atoms. The van der Waals surface area contributed by atoms with Crippen LogP contribution in [0.5, 0.6) is 0 Å². The zero-order valence-corrected chi connectivity index (χ0v) is 8.11. The van der Waals surface area contributed by atoms with E-state index in [1.807, 2.05) is 0 Å². The van der Waals surface area contributed by atoms with Crippen LogP contribution in [0.3, 0.4) is 0 Å². The van der Waals surface area contributed by atoms with Crippen molar-refractivity contribution in [3.63, 3.8) is 0 Å². The molecule has 0 aromatic heterocycles. The summed E-state index contributed by atoms with van der Waals surface area (Å²) in [4.78, 5) is 21.2. The third-order valence-electron chi connectivity index (χ3n) is 1.74. The maximum atomic E-state index is 11.2. The number of anilines is 1. The van der Waals surface area contributed by atoms with Gasteiger partial charge in [0.1, 0.15) is 0 Å². The van der Waals surface area contributed by atoms with E-state index in [9.17, 15) is 9.59 Å². The van der Waals surface area contributed by atoms with Crippen molar-refractivity contribution in [1.82, 2.24) is 0 Å². The Labute approximate surface area is 87.0 Å². The molecule has 0 unspecified atom stereocenters. The Kier molecular flexibility index (Phi) is 3.47. The number of nitrogen functional groups attached to an aromatic ring is 1. The number of hydrogen-bond acceptors (Lipinski definition) is 4. The van der Waals surface area contributed by atoms with Crippen molar-refractivity contribution in [2.75, 3.05) is 12.8 Å². The van der Waals surface area contributed by atoms with E-state index < -0.39 is 5.97 Å². The Bertz CT molecular complexity index is 455. The fourth-order valence-corrected chi connectivity index (χ4v) is 1.02. The molecular weight excluding hydrogens is 194 g/mol. The van der Waals surface area contributed by atoms with Crippen LogP contribution in [0.1, 0.15) is 15.9 Å². The Hall–Kier alpha value is -2.28. The second kappa shape index (κ2) is 4.82. The highest BCUT2D eigenvalue weighted by Gasteiger charge is 2.06. The van der Waals surface area contributed by atoms with Gasteiger partial charge in [0.2, 0.25) is 0 Å². The number of nitrogens with two attached hydrogens (primary N) is 1. The molecule has 2 N–H and O–H groups in total. The first kappa shape index (κ1) is 10.8. The smallest absolute Gasteiger partial charge is 0.337 e. The topological polar surface area (TPSA) is 69.4 Å². The highest BCUT2D eigenvalue weighted by Crippen LogP contribution is 2.13. The number of aldehydes is 1. The van der Waals surface area contributed by atoms with Crippen LogP contribution in [0.25, 0.3) is 0 Å². The van der Waals surface area contributed by atoms with Crippen LogP contribution in [0.2, 0.25) is 0 Å². The van der Waals surface area contributed by atoms with E-state index in [0.29, 0.717) is 23.1 Å². The molecule has 1 aromatic rings. The molecule has 15 heavy (non-hydrogen) atoms. The number of ether oxygens (including phenoxy) is 1. The monoisotopic (exact) mass is 203 g/mol. The number of rotatable bonds is 1. The third-order valence-corrected chi connectivity index (χ3v) is 1.74. The van der Waals surface area contributed by atoms with Crippen molar-refractivity contribution in [1.29, 1.82) is 0 Å². The molecule has 0 amide bonds. The molecule has 1 rings (SSSR count). The molecule has 0 fully saturated rings. The van der Waals surface area contributed by atoms with Gasteiger partial charge in [0.25, 0.3) is 0 Å². The van der Waals surface area contributed by atoms with Crippen molar-refractivity contribution >= 4 is 17.9 Å². The van der Waals surface area contributed by atoms with Crippen LogP contribution in [0.4, 0.5) is 5.69 Å². The molecule has 4 heteroatoms. The van der Waals surface area contributed by atoms with Gasteiger partial charge < -0.3 is 10.5 Å². The quantitative estimate of drug-likeness (QED) is 0.314. The Morgan fingerprint density at radius 3 is 2.87 bits per heavy atom. The zero-order chi connectivity index (χ0) is 11.3. The average molecular weight is 203 g/mol. The Morgan fingerprint density at radius 1 is 1.53 bits per heavy atom. The lowest BCUT2D eigenvalue weighted by Gasteiger charge is -2.01. The van der Waals surface area contributed by atoms with Gasteiger partial charge in [-0.05, 0) is 24.1 Å². The summed E-state index contributed by atoms with van der Waals surface area (Å²) in [5.41, 5.74) is 6.80. The minimum absolute atomic E-state index is 0.349. The second-order valence-corrected chi connectivity index (χ2v) is 2.68. The van der Waals surface area contributed by atoms with Gasteiger partial charge in [-0.2, -0.15) is 0 Å². The minimum atomic E-state index is -0.468. The molecule has 0 radical (unpaired) electrons. The Morgan fingerprint density at radius 2 is 2.27 bits per heavy atom. The summed E-state index contributed by atoms with van der Waals surface area (Å²) in [6, 6.07) is 4.56. The molecule has 0 aliphatic rings. The van der Waals surface area contributed by atoms with E-state index in [1.54, 1.807) is 6.07 Å². The van der Waals surface area contributed by atoms with E-state index >= 15 is 0 Å². The largest absolute Gasteiger partial charge is 0.465 e. The molecule has 1 aromatic carbocycles. The van der Waals surface area contributed by atoms with Crippen LogP contribution in [0.15, 0.2) is 18.2 Å². The van der Waals surface area contributed by atoms with Crippen molar-refractivity contribution < 1.29 is 14.3 Å². The van der Waals surface area contributed by atoms with Crippen molar-refractivity contribution in [2.24, 2.45) is 0 Å². The highest BCUT2D eigenvalue weighted by atomic mass is 16.5. The van der Waals surface area contributed by atoms with Crippen LogP contribution >= 0.6 is 0 Å². The molecule has 0 atom stereocenters. The highest BCUT2D eigenvalue weighted by molar-refractivity contribution is 5.90. The molecule has 0 saturated heterocycles. The fourth-order valence-electron chi connectivity index (χ4n) is 1.02. The summed E-state index contributed by atoms with van der Waals surface area (Å²) in [5.74, 6) is 4.29. The van der Waals surface area contributed by atoms with Gasteiger partial charge in [0.05, 0.1) is 12.7 Å².